The predicted octanol–water partition coefficient (Wildman–Crippen LogP) is 3.08. The topological polar surface area (TPSA) is 87.1 Å². The lowest BCUT2D eigenvalue weighted by atomic mass is 10.0. The first kappa shape index (κ1) is 22.0. The highest BCUT2D eigenvalue weighted by atomic mass is 19.1. The summed E-state index contributed by atoms with van der Waals surface area (Å²) in [5.74, 6) is -0.363. The second kappa shape index (κ2) is 8.83. The molecule has 0 radical (unpaired) electrons. The maximum absolute atomic E-state index is 13.6. The van der Waals surface area contributed by atoms with Gasteiger partial charge in [-0.25, -0.2) is 9.07 Å². The Morgan fingerprint density at radius 2 is 1.94 bits per heavy atom. The quantitative estimate of drug-likeness (QED) is 0.506. The Kier molecular flexibility index (Phi) is 5.70. The Bertz CT molecular complexity index is 1410. The molecule has 4 aromatic rings. The molecule has 0 aliphatic carbocycles. The zero-order valence-corrected chi connectivity index (χ0v) is 19.0. The van der Waals surface area contributed by atoms with E-state index in [4.69, 9.17) is 0 Å². The largest absolute Gasteiger partial charge is 0.337 e. The van der Waals surface area contributed by atoms with Crippen LogP contribution in [0.25, 0.3) is 27.8 Å². The number of likely N-dealkylation sites (tertiary alicyclic amines) is 1. The molecule has 1 atom stereocenters. The number of aromatic nitrogens is 4. The molecule has 174 valence electrons. The van der Waals surface area contributed by atoms with Crippen LogP contribution in [0.3, 0.4) is 0 Å². The number of H-pyrrole nitrogens is 1. The van der Waals surface area contributed by atoms with Crippen LogP contribution < -0.4 is 5.56 Å². The molecule has 3 heterocycles. The second-order valence-electron chi connectivity index (χ2n) is 8.85. The Morgan fingerprint density at radius 3 is 2.71 bits per heavy atom. The van der Waals surface area contributed by atoms with E-state index in [2.05, 4.69) is 20.2 Å². The van der Waals surface area contributed by atoms with Gasteiger partial charge in [-0.1, -0.05) is 5.21 Å². The van der Waals surface area contributed by atoms with Crippen LogP contribution in [0.15, 0.2) is 59.5 Å². The average molecular weight is 461 g/mol. The SMILES string of the molecule is CN(C)[C@@H]1CCCN(C(=O)c2ccc(-n3cc(-c4cc5cc(F)ccc5[nH]c4=O)nn3)cc2)C1. The van der Waals surface area contributed by atoms with Gasteiger partial charge in [0.25, 0.3) is 11.5 Å². The number of nitrogens with zero attached hydrogens (tertiary/aromatic N) is 5. The maximum Gasteiger partial charge on any atom is 0.258 e. The molecule has 0 bridgehead atoms. The minimum Gasteiger partial charge on any atom is -0.337 e. The lowest BCUT2D eigenvalue weighted by molar-refractivity contribution is 0.0635. The second-order valence-corrected chi connectivity index (χ2v) is 8.85. The van der Waals surface area contributed by atoms with Crippen molar-refractivity contribution in [2.45, 2.75) is 18.9 Å². The molecule has 1 saturated heterocycles. The summed E-state index contributed by atoms with van der Waals surface area (Å²) in [6, 6.07) is 13.3. The van der Waals surface area contributed by atoms with Gasteiger partial charge in [0.05, 0.1) is 17.4 Å². The number of carbonyl (C=O) groups excluding carboxylic acids is 1. The van der Waals surface area contributed by atoms with Crippen LogP contribution in [0, 0.1) is 5.82 Å². The number of amides is 1. The molecule has 1 fully saturated rings. The molecule has 1 aliphatic heterocycles. The Labute approximate surface area is 195 Å². The van der Waals surface area contributed by atoms with Crippen molar-refractivity contribution in [2.24, 2.45) is 0 Å². The minimum absolute atomic E-state index is 0.0207. The fourth-order valence-corrected chi connectivity index (χ4v) is 4.38. The highest BCUT2D eigenvalue weighted by molar-refractivity contribution is 5.94. The summed E-state index contributed by atoms with van der Waals surface area (Å²) in [5.41, 5.74) is 2.23. The molecular formula is C25H25FN6O2. The third-order valence-corrected chi connectivity index (χ3v) is 6.37. The number of likely N-dealkylation sites (N-methyl/N-ethyl adjacent to an activating group) is 1. The zero-order valence-electron chi connectivity index (χ0n) is 19.0. The van der Waals surface area contributed by atoms with E-state index in [0.29, 0.717) is 39.5 Å². The monoisotopic (exact) mass is 460 g/mol. The van der Waals surface area contributed by atoms with Gasteiger partial charge in [-0.3, -0.25) is 9.59 Å². The first-order chi connectivity index (χ1) is 16.4. The molecule has 8 nitrogen and oxygen atoms in total. The van der Waals surface area contributed by atoms with Crippen molar-refractivity contribution >= 4 is 16.8 Å². The number of pyridine rings is 1. The predicted molar refractivity (Wildman–Crippen MR) is 127 cm³/mol. The number of piperidine rings is 1. The van der Waals surface area contributed by atoms with E-state index < -0.39 is 0 Å². The van der Waals surface area contributed by atoms with Gasteiger partial charge in [0.2, 0.25) is 0 Å². The van der Waals surface area contributed by atoms with Gasteiger partial charge < -0.3 is 14.8 Å². The summed E-state index contributed by atoms with van der Waals surface area (Å²) < 4.78 is 15.1. The first-order valence-corrected chi connectivity index (χ1v) is 11.2. The lowest BCUT2D eigenvalue weighted by Gasteiger charge is -2.36. The summed E-state index contributed by atoms with van der Waals surface area (Å²) in [6.07, 6.45) is 3.73. The summed E-state index contributed by atoms with van der Waals surface area (Å²) in [4.78, 5) is 32.3. The number of nitrogens with one attached hydrogen (secondary N) is 1. The summed E-state index contributed by atoms with van der Waals surface area (Å²) >= 11 is 0. The van der Waals surface area contributed by atoms with Crippen molar-refractivity contribution in [1.29, 1.82) is 0 Å². The van der Waals surface area contributed by atoms with Gasteiger partial charge in [-0.2, -0.15) is 0 Å². The van der Waals surface area contributed by atoms with Crippen LogP contribution in [0.1, 0.15) is 23.2 Å². The van der Waals surface area contributed by atoms with Crippen molar-refractivity contribution in [2.75, 3.05) is 27.2 Å². The van der Waals surface area contributed by atoms with Crippen LogP contribution in [-0.2, 0) is 0 Å². The van der Waals surface area contributed by atoms with E-state index in [1.54, 1.807) is 41.2 Å². The third kappa shape index (κ3) is 4.22. The van der Waals surface area contributed by atoms with E-state index in [1.807, 2.05) is 19.0 Å². The number of hydrogen-bond donors (Lipinski definition) is 1. The number of hydrogen-bond acceptors (Lipinski definition) is 5. The van der Waals surface area contributed by atoms with Gasteiger partial charge in [0, 0.05) is 35.6 Å². The van der Waals surface area contributed by atoms with E-state index in [9.17, 15) is 14.0 Å². The van der Waals surface area contributed by atoms with Crippen LogP contribution in [0.4, 0.5) is 4.39 Å². The van der Waals surface area contributed by atoms with Crippen molar-refractivity contribution in [3.05, 3.63) is 76.5 Å². The van der Waals surface area contributed by atoms with Crippen molar-refractivity contribution < 1.29 is 9.18 Å². The first-order valence-electron chi connectivity index (χ1n) is 11.2. The van der Waals surface area contributed by atoms with Gasteiger partial charge in [-0.05, 0) is 75.5 Å². The number of halogens is 1. The lowest BCUT2D eigenvalue weighted by Crippen LogP contribution is -2.47. The van der Waals surface area contributed by atoms with Crippen molar-refractivity contribution in [3.63, 3.8) is 0 Å². The zero-order chi connectivity index (χ0) is 23.8. The fourth-order valence-electron chi connectivity index (χ4n) is 4.38. The van der Waals surface area contributed by atoms with Gasteiger partial charge >= 0.3 is 0 Å². The smallest absolute Gasteiger partial charge is 0.258 e. The van der Waals surface area contributed by atoms with Crippen LogP contribution >= 0.6 is 0 Å². The molecule has 0 saturated carbocycles. The standard InChI is InChI=1S/C25H25FN6O2/c1-30(2)20-4-3-11-31(14-20)25(34)16-5-8-19(9-6-16)32-15-23(28-29-32)21-13-17-12-18(26)7-10-22(17)27-24(21)33/h5-10,12-13,15,20H,3-4,11,14H2,1-2H3,(H,27,33)/t20-/m1/s1. The Morgan fingerprint density at radius 1 is 1.15 bits per heavy atom. The number of fused-ring (bicyclic) bond motifs is 1. The molecule has 5 rings (SSSR count). The van der Waals surface area contributed by atoms with E-state index in [0.717, 1.165) is 25.9 Å². The maximum atomic E-state index is 13.6. The molecule has 0 spiro atoms. The Hall–Kier alpha value is -3.85. The summed E-state index contributed by atoms with van der Waals surface area (Å²) in [6.45, 7) is 1.49. The minimum atomic E-state index is -0.384. The molecule has 1 aliphatic rings. The highest BCUT2D eigenvalue weighted by Gasteiger charge is 2.25. The van der Waals surface area contributed by atoms with Crippen LogP contribution in [0.5, 0.6) is 0 Å². The number of benzene rings is 2. The van der Waals surface area contributed by atoms with Crippen molar-refractivity contribution in [1.82, 2.24) is 29.8 Å². The van der Waals surface area contributed by atoms with Gasteiger partial charge in [0.1, 0.15) is 11.5 Å². The normalized spacial score (nSPS) is 16.4. The fraction of sp³-hybridized carbons (Fsp3) is 0.280. The summed E-state index contributed by atoms with van der Waals surface area (Å²) in [5, 5.41) is 8.83. The Balaban J connectivity index is 1.37. The highest BCUT2D eigenvalue weighted by Crippen LogP contribution is 2.21. The molecule has 1 N–H and O–H groups in total. The number of carbonyl (C=O) groups is 1. The van der Waals surface area contributed by atoms with E-state index in [-0.39, 0.29) is 17.3 Å². The van der Waals surface area contributed by atoms with E-state index in [1.165, 1.54) is 18.2 Å². The van der Waals surface area contributed by atoms with Crippen LogP contribution in [-0.4, -0.2) is 68.9 Å². The molecule has 2 aromatic heterocycles. The third-order valence-electron chi connectivity index (χ3n) is 6.37. The molecule has 1 amide bonds. The van der Waals surface area contributed by atoms with E-state index >= 15 is 0 Å². The molecule has 2 aromatic carbocycles. The number of rotatable bonds is 4. The molecule has 9 heteroatoms. The van der Waals surface area contributed by atoms with Gasteiger partial charge in [0.15, 0.2) is 0 Å². The average Bonchev–Trinajstić information content (AvgIpc) is 3.33. The number of aromatic amines is 1. The van der Waals surface area contributed by atoms with Gasteiger partial charge in [-0.15, -0.1) is 5.10 Å². The molecule has 0 unspecified atom stereocenters. The van der Waals surface area contributed by atoms with Crippen LogP contribution in [0.2, 0.25) is 0 Å². The molecule has 34 heavy (non-hydrogen) atoms. The summed E-state index contributed by atoms with van der Waals surface area (Å²) in [7, 11) is 4.09. The van der Waals surface area contributed by atoms with Crippen molar-refractivity contribution in [3.8, 4) is 16.9 Å². The molecular weight excluding hydrogens is 435 g/mol.